The molecule has 0 fully saturated rings. The predicted octanol–water partition coefficient (Wildman–Crippen LogP) is 2.85. The molecule has 3 rings (SSSR count). The summed E-state index contributed by atoms with van der Waals surface area (Å²) in [5.74, 6) is -5.32. The minimum atomic E-state index is -1.65. The molecule has 1 heterocycles. The Morgan fingerprint density at radius 1 is 1.09 bits per heavy atom. The molecule has 0 saturated carbocycles. The highest BCUT2D eigenvalue weighted by atomic mass is 19.2. The number of benzene rings is 2. The Morgan fingerprint density at radius 2 is 1.86 bits per heavy atom. The lowest BCUT2D eigenvalue weighted by molar-refractivity contribution is -0.115. The molecule has 0 bridgehead atoms. The van der Waals surface area contributed by atoms with Gasteiger partial charge in [0.25, 0.3) is 5.91 Å². The van der Waals surface area contributed by atoms with E-state index in [1.165, 1.54) is 12.1 Å². The van der Waals surface area contributed by atoms with Crippen molar-refractivity contribution in [2.45, 2.75) is 6.42 Å². The average Bonchev–Trinajstić information content (AvgIpc) is 2.86. The zero-order valence-corrected chi connectivity index (χ0v) is 11.0. The van der Waals surface area contributed by atoms with E-state index in [4.69, 9.17) is 0 Å². The molecule has 1 aliphatic heterocycles. The van der Waals surface area contributed by atoms with Crippen molar-refractivity contribution in [2.24, 2.45) is 0 Å². The van der Waals surface area contributed by atoms with Crippen LogP contribution in [0.15, 0.2) is 30.3 Å². The monoisotopic (exact) mass is 306 g/mol. The van der Waals surface area contributed by atoms with E-state index in [1.54, 1.807) is 6.07 Å². The van der Waals surface area contributed by atoms with Gasteiger partial charge >= 0.3 is 0 Å². The number of amides is 2. The van der Waals surface area contributed by atoms with Crippen LogP contribution in [0.3, 0.4) is 0 Å². The summed E-state index contributed by atoms with van der Waals surface area (Å²) in [6, 6.07) is 6.14. The van der Waals surface area contributed by atoms with Crippen molar-refractivity contribution in [1.29, 1.82) is 0 Å². The lowest BCUT2D eigenvalue weighted by Gasteiger charge is -2.08. The van der Waals surface area contributed by atoms with E-state index in [-0.39, 0.29) is 17.9 Å². The zero-order chi connectivity index (χ0) is 15.9. The number of nitrogens with one attached hydrogen (secondary N) is 2. The number of halogens is 3. The molecule has 0 aromatic heterocycles. The van der Waals surface area contributed by atoms with Crippen LogP contribution in [-0.4, -0.2) is 11.8 Å². The second-order valence-electron chi connectivity index (χ2n) is 4.77. The topological polar surface area (TPSA) is 58.2 Å². The predicted molar refractivity (Wildman–Crippen MR) is 73.0 cm³/mol. The first-order valence-electron chi connectivity index (χ1n) is 6.33. The van der Waals surface area contributed by atoms with Crippen molar-refractivity contribution in [1.82, 2.24) is 0 Å². The first-order chi connectivity index (χ1) is 10.5. The van der Waals surface area contributed by atoms with Gasteiger partial charge in [-0.25, -0.2) is 13.2 Å². The van der Waals surface area contributed by atoms with Crippen LogP contribution in [0.5, 0.6) is 0 Å². The molecule has 112 valence electrons. The molecule has 2 amide bonds. The van der Waals surface area contributed by atoms with Gasteiger partial charge in [-0.15, -0.1) is 0 Å². The smallest absolute Gasteiger partial charge is 0.255 e. The summed E-state index contributed by atoms with van der Waals surface area (Å²) in [4.78, 5) is 23.3. The van der Waals surface area contributed by atoms with Gasteiger partial charge in [0.2, 0.25) is 5.91 Å². The van der Waals surface area contributed by atoms with Crippen molar-refractivity contribution in [3.05, 3.63) is 58.9 Å². The van der Waals surface area contributed by atoms with E-state index in [2.05, 4.69) is 10.6 Å². The second-order valence-corrected chi connectivity index (χ2v) is 4.77. The average molecular weight is 306 g/mol. The first-order valence-corrected chi connectivity index (χ1v) is 6.33. The quantitative estimate of drug-likeness (QED) is 0.838. The maximum absolute atomic E-state index is 13.5. The highest BCUT2D eigenvalue weighted by Gasteiger charge is 2.20. The highest BCUT2D eigenvalue weighted by molar-refractivity contribution is 6.06. The van der Waals surface area contributed by atoms with Crippen molar-refractivity contribution < 1.29 is 22.8 Å². The first kappa shape index (κ1) is 14.1. The van der Waals surface area contributed by atoms with Gasteiger partial charge in [0, 0.05) is 11.3 Å². The summed E-state index contributed by atoms with van der Waals surface area (Å²) in [5, 5.41) is 4.79. The van der Waals surface area contributed by atoms with Crippen LogP contribution in [0.2, 0.25) is 0 Å². The summed E-state index contributed by atoms with van der Waals surface area (Å²) in [6.07, 6.45) is 0.149. The van der Waals surface area contributed by atoms with Crippen LogP contribution in [0.1, 0.15) is 15.9 Å². The van der Waals surface area contributed by atoms with Crippen LogP contribution in [0.25, 0.3) is 0 Å². The zero-order valence-electron chi connectivity index (χ0n) is 11.0. The third-order valence-electron chi connectivity index (χ3n) is 3.28. The SMILES string of the molecule is O=C1Cc2cc(C(=O)Nc3ccc(F)c(F)c3F)ccc2N1. The molecule has 4 nitrogen and oxygen atoms in total. The van der Waals surface area contributed by atoms with Crippen LogP contribution in [0.4, 0.5) is 24.5 Å². The third kappa shape index (κ3) is 2.41. The van der Waals surface area contributed by atoms with Crippen molar-refractivity contribution in [2.75, 3.05) is 10.6 Å². The molecule has 0 unspecified atom stereocenters. The van der Waals surface area contributed by atoms with Gasteiger partial charge in [-0.05, 0) is 35.9 Å². The van der Waals surface area contributed by atoms with Crippen molar-refractivity contribution in [3.8, 4) is 0 Å². The van der Waals surface area contributed by atoms with E-state index in [1.807, 2.05) is 0 Å². The van der Waals surface area contributed by atoms with Gasteiger partial charge in [-0.1, -0.05) is 0 Å². The van der Waals surface area contributed by atoms with E-state index in [9.17, 15) is 22.8 Å². The van der Waals surface area contributed by atoms with Gasteiger partial charge < -0.3 is 10.6 Å². The molecule has 2 aromatic carbocycles. The lowest BCUT2D eigenvalue weighted by atomic mass is 10.1. The largest absolute Gasteiger partial charge is 0.326 e. The molecule has 1 aliphatic rings. The Labute approximate surface area is 122 Å². The van der Waals surface area contributed by atoms with Crippen LogP contribution in [0, 0.1) is 17.5 Å². The van der Waals surface area contributed by atoms with Crippen LogP contribution >= 0.6 is 0 Å². The molecule has 7 heteroatoms. The number of carbonyl (C=O) groups excluding carboxylic acids is 2. The van der Waals surface area contributed by atoms with Gasteiger partial charge in [0.1, 0.15) is 0 Å². The molecular formula is C15H9F3N2O2. The molecule has 2 N–H and O–H groups in total. The highest BCUT2D eigenvalue weighted by Crippen LogP contribution is 2.25. The van der Waals surface area contributed by atoms with E-state index >= 15 is 0 Å². The Morgan fingerprint density at radius 3 is 2.64 bits per heavy atom. The standard InChI is InChI=1S/C15H9F3N2O2/c16-9-2-4-11(14(18)13(9)17)20-15(22)7-1-3-10-8(5-7)6-12(21)19-10/h1-5H,6H2,(H,19,21)(H,20,22). The number of carbonyl (C=O) groups is 2. The third-order valence-corrected chi connectivity index (χ3v) is 3.28. The fourth-order valence-corrected chi connectivity index (χ4v) is 2.19. The van der Waals surface area contributed by atoms with Gasteiger partial charge in [-0.2, -0.15) is 0 Å². The normalized spacial score (nSPS) is 12.8. The van der Waals surface area contributed by atoms with Crippen LogP contribution < -0.4 is 10.6 Å². The van der Waals surface area contributed by atoms with Gasteiger partial charge in [0.15, 0.2) is 17.5 Å². The Hall–Kier alpha value is -2.83. The minimum Gasteiger partial charge on any atom is -0.326 e. The van der Waals surface area contributed by atoms with Crippen molar-refractivity contribution >= 4 is 23.2 Å². The lowest BCUT2D eigenvalue weighted by Crippen LogP contribution is -2.14. The number of fused-ring (bicyclic) bond motifs is 1. The number of hydrogen-bond acceptors (Lipinski definition) is 2. The fourth-order valence-electron chi connectivity index (χ4n) is 2.19. The summed E-state index contributed by atoms with van der Waals surface area (Å²) in [6.45, 7) is 0. The second kappa shape index (κ2) is 5.18. The molecule has 0 aliphatic carbocycles. The van der Waals surface area contributed by atoms with E-state index in [0.717, 1.165) is 12.1 Å². The summed E-state index contributed by atoms with van der Waals surface area (Å²) in [5.41, 5.74) is 0.974. The molecule has 0 atom stereocenters. The molecular weight excluding hydrogens is 297 g/mol. The molecule has 2 aromatic rings. The molecule has 0 radical (unpaired) electrons. The number of rotatable bonds is 2. The fraction of sp³-hybridized carbons (Fsp3) is 0.0667. The van der Waals surface area contributed by atoms with E-state index < -0.39 is 29.0 Å². The molecule has 0 spiro atoms. The number of anilines is 2. The number of hydrogen-bond donors (Lipinski definition) is 2. The Balaban J connectivity index is 1.85. The summed E-state index contributed by atoms with van der Waals surface area (Å²) < 4.78 is 39.5. The Kier molecular flexibility index (Phi) is 3.32. The Bertz CT molecular complexity index is 806. The minimum absolute atomic E-state index is 0.149. The van der Waals surface area contributed by atoms with Gasteiger partial charge in [-0.3, -0.25) is 9.59 Å². The van der Waals surface area contributed by atoms with Crippen LogP contribution in [-0.2, 0) is 11.2 Å². The van der Waals surface area contributed by atoms with Crippen molar-refractivity contribution in [3.63, 3.8) is 0 Å². The maximum atomic E-state index is 13.5. The maximum Gasteiger partial charge on any atom is 0.255 e. The van der Waals surface area contributed by atoms with Gasteiger partial charge in [0.05, 0.1) is 12.1 Å². The summed E-state index contributed by atoms with van der Waals surface area (Å²) in [7, 11) is 0. The molecule has 0 saturated heterocycles. The van der Waals surface area contributed by atoms with E-state index in [0.29, 0.717) is 11.3 Å². The summed E-state index contributed by atoms with van der Waals surface area (Å²) >= 11 is 0. The molecule has 22 heavy (non-hydrogen) atoms.